The van der Waals surface area contributed by atoms with Gasteiger partial charge in [0.2, 0.25) is 0 Å². The van der Waals surface area contributed by atoms with Gasteiger partial charge in [-0.25, -0.2) is 0 Å². The molecule has 150 valence electrons. The van der Waals surface area contributed by atoms with Gasteiger partial charge in [0.25, 0.3) is 5.97 Å². The molecule has 5 nitrogen and oxygen atoms in total. The molecule has 0 atom stereocenters. The van der Waals surface area contributed by atoms with Crippen LogP contribution in [0.25, 0.3) is 0 Å². The minimum absolute atomic E-state index is 0.0370. The highest BCUT2D eigenvalue weighted by Crippen LogP contribution is 2.15. The number of carboxylic acids is 1. The minimum atomic E-state index is -2.49. The molecule has 25 heavy (non-hydrogen) atoms. The Morgan fingerprint density at radius 3 is 1.08 bits per heavy atom. The summed E-state index contributed by atoms with van der Waals surface area (Å²) >= 11 is 0. The number of hydrogen-bond donors (Lipinski definition) is 4. The van der Waals surface area contributed by atoms with Gasteiger partial charge in [-0.2, -0.15) is 0 Å². The summed E-state index contributed by atoms with van der Waals surface area (Å²) in [7, 11) is 0. The fourth-order valence-electron chi connectivity index (χ4n) is 3.11. The van der Waals surface area contributed by atoms with Gasteiger partial charge in [-0.3, -0.25) is 4.79 Å². The molecule has 0 aromatic rings. The summed E-state index contributed by atoms with van der Waals surface area (Å²) in [4.78, 5) is 10.4. The van der Waals surface area contributed by atoms with Crippen molar-refractivity contribution in [3.8, 4) is 0 Å². The van der Waals surface area contributed by atoms with Crippen molar-refractivity contribution >= 4 is 5.97 Å². The first-order valence-electron chi connectivity index (χ1n) is 10.3. The van der Waals surface area contributed by atoms with Crippen molar-refractivity contribution in [1.29, 1.82) is 0 Å². The third-order valence-electron chi connectivity index (χ3n) is 4.65. The topological polar surface area (TPSA) is 98.0 Å². The molecule has 0 aromatic carbocycles. The number of unbranched alkanes of at least 4 members (excludes halogenated alkanes) is 15. The smallest absolute Gasteiger partial charge is 0.303 e. The summed E-state index contributed by atoms with van der Waals surface area (Å²) < 4.78 is 0. The Morgan fingerprint density at radius 1 is 0.520 bits per heavy atom. The van der Waals surface area contributed by atoms with Crippen LogP contribution < -0.4 is 0 Å². The van der Waals surface area contributed by atoms with Crippen LogP contribution in [0.4, 0.5) is 0 Å². The van der Waals surface area contributed by atoms with Crippen LogP contribution in [0.15, 0.2) is 0 Å². The lowest BCUT2D eigenvalue weighted by molar-refractivity contribution is -0.315. The van der Waals surface area contributed by atoms with Crippen LogP contribution in [-0.2, 0) is 4.79 Å². The van der Waals surface area contributed by atoms with E-state index in [1.807, 2.05) is 0 Å². The third kappa shape index (κ3) is 23.4. The molecule has 0 spiro atoms. The van der Waals surface area contributed by atoms with E-state index < -0.39 is 11.9 Å². The lowest BCUT2D eigenvalue weighted by atomic mass is 10.0. The zero-order valence-corrected chi connectivity index (χ0v) is 15.9. The van der Waals surface area contributed by atoms with Crippen LogP contribution in [0.3, 0.4) is 0 Å². The van der Waals surface area contributed by atoms with E-state index in [2.05, 4.69) is 0 Å². The summed E-state index contributed by atoms with van der Waals surface area (Å²) in [5.41, 5.74) is 0. The van der Waals surface area contributed by atoms with Gasteiger partial charge in [0, 0.05) is 12.8 Å². The predicted molar refractivity (Wildman–Crippen MR) is 100 cm³/mol. The Balaban J connectivity index is 3.04. The van der Waals surface area contributed by atoms with E-state index in [-0.39, 0.29) is 6.42 Å². The molecule has 5 heteroatoms. The van der Waals surface area contributed by atoms with Crippen LogP contribution >= 0.6 is 0 Å². The maximum atomic E-state index is 10.4. The Bertz CT molecular complexity index is 299. The Kier molecular flexibility index (Phi) is 16.4. The first-order chi connectivity index (χ1) is 11.9. The van der Waals surface area contributed by atoms with Crippen LogP contribution in [0.1, 0.15) is 116 Å². The summed E-state index contributed by atoms with van der Waals surface area (Å²) in [5, 5.41) is 34.8. The molecule has 0 amide bonds. The highest BCUT2D eigenvalue weighted by atomic mass is 16.7. The van der Waals surface area contributed by atoms with Gasteiger partial charge in [0.1, 0.15) is 0 Å². The normalized spacial score (nSPS) is 11.8. The van der Waals surface area contributed by atoms with Crippen molar-refractivity contribution in [2.75, 3.05) is 0 Å². The molecule has 0 aliphatic heterocycles. The standard InChI is InChI=1S/C20H40O5/c21-19(22)17-15-13-11-9-7-5-3-1-2-4-6-8-10-12-14-16-18-20(23,24)25/h23-25H,1-18H2,(H,21,22). The highest BCUT2D eigenvalue weighted by molar-refractivity contribution is 5.66. The van der Waals surface area contributed by atoms with E-state index in [0.29, 0.717) is 12.8 Å². The van der Waals surface area contributed by atoms with E-state index in [0.717, 1.165) is 25.7 Å². The molecular weight excluding hydrogens is 320 g/mol. The van der Waals surface area contributed by atoms with Crippen LogP contribution in [0.2, 0.25) is 0 Å². The average molecular weight is 361 g/mol. The maximum Gasteiger partial charge on any atom is 0.303 e. The molecule has 0 aliphatic carbocycles. The summed E-state index contributed by atoms with van der Waals surface area (Å²) in [5.74, 6) is -3.17. The highest BCUT2D eigenvalue weighted by Gasteiger charge is 2.16. The Labute approximate surface area is 153 Å². The molecule has 4 N–H and O–H groups in total. The van der Waals surface area contributed by atoms with Crippen molar-refractivity contribution in [1.82, 2.24) is 0 Å². The third-order valence-corrected chi connectivity index (χ3v) is 4.65. The Hall–Kier alpha value is -0.650. The molecule has 0 saturated carbocycles. The molecule has 0 heterocycles. The molecular formula is C20H40O5. The van der Waals surface area contributed by atoms with E-state index >= 15 is 0 Å². The number of aliphatic hydroxyl groups is 3. The van der Waals surface area contributed by atoms with E-state index in [9.17, 15) is 4.79 Å². The van der Waals surface area contributed by atoms with Crippen molar-refractivity contribution < 1.29 is 25.2 Å². The number of carbonyl (C=O) groups is 1. The fourth-order valence-corrected chi connectivity index (χ4v) is 3.11. The molecule has 0 aliphatic rings. The second kappa shape index (κ2) is 16.8. The molecule has 0 aromatic heterocycles. The summed E-state index contributed by atoms with van der Waals surface area (Å²) in [6.45, 7) is 0. The summed E-state index contributed by atoms with van der Waals surface area (Å²) in [6, 6.07) is 0. The van der Waals surface area contributed by atoms with E-state index in [4.69, 9.17) is 20.4 Å². The largest absolute Gasteiger partial charge is 0.481 e. The fraction of sp³-hybridized carbons (Fsp3) is 0.950. The number of carboxylic acid groups (broad SMARTS) is 1. The van der Waals surface area contributed by atoms with Crippen LogP contribution in [-0.4, -0.2) is 32.4 Å². The van der Waals surface area contributed by atoms with Gasteiger partial charge in [-0.05, 0) is 12.8 Å². The zero-order valence-electron chi connectivity index (χ0n) is 15.9. The quantitative estimate of drug-likeness (QED) is 0.197. The monoisotopic (exact) mass is 360 g/mol. The lowest BCUT2D eigenvalue weighted by Crippen LogP contribution is -2.26. The first kappa shape index (κ1) is 24.4. The van der Waals surface area contributed by atoms with E-state index in [1.54, 1.807) is 0 Å². The maximum absolute atomic E-state index is 10.4. The number of rotatable bonds is 19. The molecule has 0 unspecified atom stereocenters. The first-order valence-corrected chi connectivity index (χ1v) is 10.3. The SMILES string of the molecule is O=C(O)CCCCCCCCCCCCCCCCCCC(O)(O)O. The Morgan fingerprint density at radius 2 is 0.800 bits per heavy atom. The predicted octanol–water partition coefficient (Wildman–Crippen LogP) is 4.72. The average Bonchev–Trinajstić information content (AvgIpc) is 2.52. The van der Waals surface area contributed by atoms with Gasteiger partial charge < -0.3 is 20.4 Å². The molecule has 0 radical (unpaired) electrons. The van der Waals surface area contributed by atoms with Crippen LogP contribution in [0.5, 0.6) is 0 Å². The van der Waals surface area contributed by atoms with Gasteiger partial charge in [-0.15, -0.1) is 0 Å². The molecule has 0 bridgehead atoms. The van der Waals surface area contributed by atoms with Gasteiger partial charge in [0.05, 0.1) is 0 Å². The van der Waals surface area contributed by atoms with Crippen molar-refractivity contribution in [2.24, 2.45) is 0 Å². The van der Waals surface area contributed by atoms with E-state index in [1.165, 1.54) is 70.6 Å². The number of hydrogen-bond acceptors (Lipinski definition) is 4. The van der Waals surface area contributed by atoms with Crippen molar-refractivity contribution in [2.45, 2.75) is 122 Å². The lowest BCUT2D eigenvalue weighted by Gasteiger charge is -2.12. The number of aliphatic carboxylic acids is 1. The molecule has 0 fully saturated rings. The second-order valence-electron chi connectivity index (χ2n) is 7.32. The van der Waals surface area contributed by atoms with Gasteiger partial charge in [0.15, 0.2) is 0 Å². The second-order valence-corrected chi connectivity index (χ2v) is 7.32. The van der Waals surface area contributed by atoms with Crippen molar-refractivity contribution in [3.05, 3.63) is 0 Å². The van der Waals surface area contributed by atoms with Crippen LogP contribution in [0, 0.1) is 0 Å². The van der Waals surface area contributed by atoms with Gasteiger partial charge >= 0.3 is 5.97 Å². The zero-order chi connectivity index (χ0) is 18.8. The summed E-state index contributed by atoms with van der Waals surface area (Å²) in [6.07, 6.45) is 18.9. The van der Waals surface area contributed by atoms with Gasteiger partial charge in [-0.1, -0.05) is 89.9 Å². The molecule has 0 saturated heterocycles. The van der Waals surface area contributed by atoms with Crippen molar-refractivity contribution in [3.63, 3.8) is 0 Å². The minimum Gasteiger partial charge on any atom is -0.481 e. The molecule has 0 rings (SSSR count).